The maximum Gasteiger partial charge on any atom is 0.326 e. The van der Waals surface area contributed by atoms with Crippen molar-refractivity contribution in [1.82, 2.24) is 5.32 Å². The number of carboxylic acids is 1. The Labute approximate surface area is 141 Å². The molecule has 1 heterocycles. The summed E-state index contributed by atoms with van der Waals surface area (Å²) in [4.78, 5) is 37.4. The fourth-order valence-electron chi connectivity index (χ4n) is 2.64. The first-order chi connectivity index (χ1) is 11.2. The van der Waals surface area contributed by atoms with Gasteiger partial charge in [0.25, 0.3) is 5.91 Å². The summed E-state index contributed by atoms with van der Waals surface area (Å²) in [6.45, 7) is 5.59. The Balaban J connectivity index is 2.21. The lowest BCUT2D eigenvalue weighted by molar-refractivity contribution is -0.139. The van der Waals surface area contributed by atoms with E-state index in [-0.39, 0.29) is 17.9 Å². The number of carbonyl (C=O) groups is 3. The molecule has 3 N–H and O–H groups in total. The number of likely N-dealkylation sites (N-methyl/N-ethyl adjacent to an activating group) is 1. The van der Waals surface area contributed by atoms with Gasteiger partial charge >= 0.3 is 5.97 Å². The maximum atomic E-state index is 12.4. The van der Waals surface area contributed by atoms with E-state index in [0.29, 0.717) is 17.7 Å². The molecule has 0 spiro atoms. The van der Waals surface area contributed by atoms with Crippen molar-refractivity contribution in [1.29, 1.82) is 0 Å². The van der Waals surface area contributed by atoms with E-state index in [1.807, 2.05) is 25.8 Å². The lowest BCUT2D eigenvalue weighted by Gasteiger charge is -2.33. The first-order valence-corrected chi connectivity index (χ1v) is 7.92. The van der Waals surface area contributed by atoms with E-state index in [4.69, 9.17) is 0 Å². The second-order valence-corrected chi connectivity index (χ2v) is 6.50. The molecular formula is C17H23N3O4. The van der Waals surface area contributed by atoms with Gasteiger partial charge in [-0.25, -0.2) is 4.79 Å². The third-order valence-electron chi connectivity index (χ3n) is 4.17. The molecule has 2 atom stereocenters. The summed E-state index contributed by atoms with van der Waals surface area (Å²) >= 11 is 0. The van der Waals surface area contributed by atoms with Crippen molar-refractivity contribution in [3.8, 4) is 0 Å². The summed E-state index contributed by atoms with van der Waals surface area (Å²) in [7, 11) is 1.81. The predicted molar refractivity (Wildman–Crippen MR) is 91.3 cm³/mol. The third-order valence-corrected chi connectivity index (χ3v) is 4.17. The van der Waals surface area contributed by atoms with Crippen LogP contribution in [0.4, 0.5) is 11.4 Å². The molecule has 1 aliphatic rings. The number of aliphatic carboxylic acids is 1. The fraction of sp³-hybridized carbons (Fsp3) is 0.471. The molecule has 2 amide bonds. The molecule has 130 valence electrons. The van der Waals surface area contributed by atoms with Gasteiger partial charge in [-0.15, -0.1) is 0 Å². The van der Waals surface area contributed by atoms with E-state index in [0.717, 1.165) is 5.69 Å². The van der Waals surface area contributed by atoms with Crippen LogP contribution in [0.5, 0.6) is 0 Å². The molecule has 0 fully saturated rings. The van der Waals surface area contributed by atoms with Crippen molar-refractivity contribution in [2.24, 2.45) is 5.92 Å². The number of hydrogen-bond donors (Lipinski definition) is 3. The quantitative estimate of drug-likeness (QED) is 0.762. The van der Waals surface area contributed by atoms with Gasteiger partial charge in [0.05, 0.1) is 11.4 Å². The van der Waals surface area contributed by atoms with E-state index in [9.17, 15) is 19.5 Å². The fourth-order valence-corrected chi connectivity index (χ4v) is 2.64. The molecule has 1 aliphatic heterocycles. The summed E-state index contributed by atoms with van der Waals surface area (Å²) in [5, 5.41) is 14.5. The van der Waals surface area contributed by atoms with Crippen molar-refractivity contribution >= 4 is 29.2 Å². The smallest absolute Gasteiger partial charge is 0.326 e. The molecule has 0 saturated heterocycles. The number of benzene rings is 1. The standard InChI is InChI=1S/C17H23N3O4/c1-9(2)7-13(17(23)24)19-16(22)11-5-6-14-12(8-11)18-15(21)10(3)20(14)4/h5-6,8-10,13H,7H2,1-4H3,(H,18,21)(H,19,22)(H,23,24). The van der Waals surface area contributed by atoms with Crippen molar-refractivity contribution in [2.45, 2.75) is 39.3 Å². The number of nitrogens with zero attached hydrogens (tertiary/aromatic N) is 1. The molecule has 7 heteroatoms. The molecular weight excluding hydrogens is 310 g/mol. The molecule has 2 unspecified atom stereocenters. The van der Waals surface area contributed by atoms with Gasteiger partial charge in [-0.2, -0.15) is 0 Å². The Kier molecular flexibility index (Phi) is 5.11. The van der Waals surface area contributed by atoms with Crippen LogP contribution in [0.1, 0.15) is 37.6 Å². The van der Waals surface area contributed by atoms with Gasteiger partial charge in [-0.05, 0) is 37.5 Å². The van der Waals surface area contributed by atoms with Gasteiger partial charge in [0.2, 0.25) is 5.91 Å². The summed E-state index contributed by atoms with van der Waals surface area (Å²) in [5.74, 6) is -1.53. The minimum atomic E-state index is -1.06. The minimum Gasteiger partial charge on any atom is -0.480 e. The second kappa shape index (κ2) is 6.90. The topological polar surface area (TPSA) is 98.7 Å². The molecule has 1 aromatic rings. The van der Waals surface area contributed by atoms with Crippen LogP contribution in [-0.4, -0.2) is 42.0 Å². The number of carboxylic acid groups (broad SMARTS) is 1. The molecule has 1 aromatic carbocycles. The SMILES string of the molecule is CC(C)CC(NC(=O)c1ccc2c(c1)NC(=O)C(C)N2C)C(=O)O. The summed E-state index contributed by atoms with van der Waals surface area (Å²) in [5.41, 5.74) is 1.67. The van der Waals surface area contributed by atoms with E-state index >= 15 is 0 Å². The lowest BCUT2D eigenvalue weighted by atomic mass is 10.0. The van der Waals surface area contributed by atoms with Crippen LogP contribution in [-0.2, 0) is 9.59 Å². The zero-order valence-corrected chi connectivity index (χ0v) is 14.3. The number of anilines is 2. The Bertz CT molecular complexity index is 672. The summed E-state index contributed by atoms with van der Waals surface area (Å²) in [6.07, 6.45) is 0.350. The molecule has 24 heavy (non-hydrogen) atoms. The van der Waals surface area contributed by atoms with Crippen molar-refractivity contribution < 1.29 is 19.5 Å². The normalized spacial score (nSPS) is 18.0. The average molecular weight is 333 g/mol. The van der Waals surface area contributed by atoms with Crippen LogP contribution in [0, 0.1) is 5.92 Å². The highest BCUT2D eigenvalue weighted by atomic mass is 16.4. The largest absolute Gasteiger partial charge is 0.480 e. The minimum absolute atomic E-state index is 0.143. The number of rotatable bonds is 5. The van der Waals surface area contributed by atoms with Gasteiger partial charge in [-0.3, -0.25) is 9.59 Å². The second-order valence-electron chi connectivity index (χ2n) is 6.50. The highest BCUT2D eigenvalue weighted by Gasteiger charge is 2.28. The zero-order valence-electron chi connectivity index (χ0n) is 14.3. The Morgan fingerprint density at radius 1 is 1.38 bits per heavy atom. The van der Waals surface area contributed by atoms with E-state index in [2.05, 4.69) is 10.6 Å². The third kappa shape index (κ3) is 3.67. The van der Waals surface area contributed by atoms with Crippen LogP contribution in [0.3, 0.4) is 0 Å². The predicted octanol–water partition coefficient (Wildman–Crippen LogP) is 1.69. The Morgan fingerprint density at radius 3 is 2.62 bits per heavy atom. The molecule has 0 aromatic heterocycles. The van der Waals surface area contributed by atoms with Gasteiger partial charge < -0.3 is 20.6 Å². The first kappa shape index (κ1) is 17.8. The number of fused-ring (bicyclic) bond motifs is 1. The average Bonchev–Trinajstić information content (AvgIpc) is 2.51. The summed E-state index contributed by atoms with van der Waals surface area (Å²) in [6, 6.07) is 3.71. The van der Waals surface area contributed by atoms with Crippen molar-refractivity contribution in [3.63, 3.8) is 0 Å². The van der Waals surface area contributed by atoms with Crippen LogP contribution in [0.15, 0.2) is 18.2 Å². The molecule has 0 bridgehead atoms. The van der Waals surface area contributed by atoms with Crippen molar-refractivity contribution in [3.05, 3.63) is 23.8 Å². The monoisotopic (exact) mass is 333 g/mol. The van der Waals surface area contributed by atoms with Gasteiger partial charge in [-0.1, -0.05) is 13.8 Å². The molecule has 0 saturated carbocycles. The Hall–Kier alpha value is -2.57. The number of amides is 2. The number of hydrogen-bond acceptors (Lipinski definition) is 4. The lowest BCUT2D eigenvalue weighted by Crippen LogP contribution is -2.44. The molecule has 7 nitrogen and oxygen atoms in total. The van der Waals surface area contributed by atoms with Gasteiger partial charge in [0.1, 0.15) is 12.1 Å². The first-order valence-electron chi connectivity index (χ1n) is 7.92. The Morgan fingerprint density at radius 2 is 2.04 bits per heavy atom. The highest BCUT2D eigenvalue weighted by molar-refractivity contribution is 6.05. The van der Waals surface area contributed by atoms with Crippen LogP contribution in [0.25, 0.3) is 0 Å². The van der Waals surface area contributed by atoms with Gasteiger partial charge in [0, 0.05) is 12.6 Å². The van der Waals surface area contributed by atoms with E-state index in [1.54, 1.807) is 25.1 Å². The zero-order chi connectivity index (χ0) is 18.0. The van der Waals surface area contributed by atoms with Crippen LogP contribution >= 0.6 is 0 Å². The number of nitrogens with one attached hydrogen (secondary N) is 2. The summed E-state index contributed by atoms with van der Waals surface area (Å²) < 4.78 is 0. The van der Waals surface area contributed by atoms with Crippen LogP contribution in [0.2, 0.25) is 0 Å². The molecule has 2 rings (SSSR count). The number of carbonyl (C=O) groups excluding carboxylic acids is 2. The van der Waals surface area contributed by atoms with Crippen LogP contribution < -0.4 is 15.5 Å². The van der Waals surface area contributed by atoms with Crippen molar-refractivity contribution in [2.75, 3.05) is 17.3 Å². The highest BCUT2D eigenvalue weighted by Crippen LogP contribution is 2.31. The van der Waals surface area contributed by atoms with Gasteiger partial charge in [0.15, 0.2) is 0 Å². The molecule has 0 aliphatic carbocycles. The maximum absolute atomic E-state index is 12.4. The van der Waals surface area contributed by atoms with E-state index < -0.39 is 17.9 Å². The van der Waals surface area contributed by atoms with E-state index in [1.165, 1.54) is 0 Å². The molecule has 0 radical (unpaired) electrons.